The minimum atomic E-state index is -1.02. The van der Waals surface area contributed by atoms with Crippen molar-refractivity contribution in [1.82, 2.24) is 19.6 Å². The van der Waals surface area contributed by atoms with Crippen molar-refractivity contribution in [1.29, 1.82) is 0 Å². The number of carboxylic acid groups (broad SMARTS) is 4. The molecule has 1 heterocycles. The summed E-state index contributed by atoms with van der Waals surface area (Å²) in [5.74, 6) is -3.11. The molecule has 0 unspecified atom stereocenters. The summed E-state index contributed by atoms with van der Waals surface area (Å²) < 4.78 is 5.71. The summed E-state index contributed by atoms with van der Waals surface area (Å²) in [6.45, 7) is 6.50. The average molecular weight is 645 g/mol. The molecule has 0 radical (unpaired) electrons. The maximum atomic E-state index is 11.1. The van der Waals surface area contributed by atoms with Gasteiger partial charge in [-0.2, -0.15) is 0 Å². The Labute approximate surface area is 270 Å². The van der Waals surface area contributed by atoms with Crippen LogP contribution in [0.1, 0.15) is 23.1 Å². The fourth-order valence-corrected chi connectivity index (χ4v) is 4.83. The maximum absolute atomic E-state index is 11.1. The van der Waals surface area contributed by atoms with Gasteiger partial charge in [0.15, 0.2) is 0 Å². The fraction of sp³-hybridized carbons (Fsp3) is 0.515. The number of rotatable bonds is 13. The zero-order chi connectivity index (χ0) is 33.9. The molecule has 46 heavy (non-hydrogen) atoms. The minimum absolute atomic E-state index is 0.229. The molecular formula is C33H48N4O9. The van der Waals surface area contributed by atoms with Gasteiger partial charge in [-0.05, 0) is 44.4 Å². The van der Waals surface area contributed by atoms with E-state index in [1.165, 1.54) is 16.7 Å². The predicted octanol–water partition coefficient (Wildman–Crippen LogP) is 1.86. The van der Waals surface area contributed by atoms with E-state index in [1.807, 2.05) is 12.1 Å². The second kappa shape index (κ2) is 20.9. The third kappa shape index (κ3) is 17.4. The Balaban J connectivity index is 0.000000350. The van der Waals surface area contributed by atoms with E-state index in [0.29, 0.717) is 52.4 Å². The van der Waals surface area contributed by atoms with Crippen molar-refractivity contribution in [2.24, 2.45) is 0 Å². The Bertz CT molecular complexity index is 1070. The lowest BCUT2D eigenvalue weighted by Crippen LogP contribution is -2.49. The first-order chi connectivity index (χ1) is 21.9. The highest BCUT2D eigenvalue weighted by atomic mass is 16.5. The first-order valence-electron chi connectivity index (χ1n) is 15.4. The third-order valence-corrected chi connectivity index (χ3v) is 7.39. The van der Waals surface area contributed by atoms with E-state index in [9.17, 15) is 19.2 Å². The van der Waals surface area contributed by atoms with Crippen LogP contribution in [0.4, 0.5) is 0 Å². The Morgan fingerprint density at radius 3 is 1.15 bits per heavy atom. The molecule has 0 bridgehead atoms. The second-order valence-electron chi connectivity index (χ2n) is 11.4. The van der Waals surface area contributed by atoms with Crippen LogP contribution in [0.25, 0.3) is 0 Å². The molecule has 1 aliphatic heterocycles. The summed E-state index contributed by atoms with van der Waals surface area (Å²) >= 11 is 0. The highest BCUT2D eigenvalue weighted by molar-refractivity contribution is 5.70. The molecule has 13 heteroatoms. The van der Waals surface area contributed by atoms with Crippen LogP contribution in [-0.4, -0.2) is 149 Å². The molecule has 0 saturated carbocycles. The van der Waals surface area contributed by atoms with E-state index < -0.39 is 23.9 Å². The Morgan fingerprint density at radius 1 is 0.543 bits per heavy atom. The Hall–Kier alpha value is -4.04. The van der Waals surface area contributed by atoms with Crippen LogP contribution in [-0.2, 0) is 25.6 Å². The maximum Gasteiger partial charge on any atom is 0.317 e. The smallest absolute Gasteiger partial charge is 0.317 e. The van der Waals surface area contributed by atoms with Gasteiger partial charge in [-0.25, -0.2) is 0 Å². The van der Waals surface area contributed by atoms with Gasteiger partial charge in [0.1, 0.15) is 5.75 Å². The van der Waals surface area contributed by atoms with E-state index >= 15 is 0 Å². The predicted molar refractivity (Wildman–Crippen MR) is 172 cm³/mol. The molecule has 2 aromatic rings. The van der Waals surface area contributed by atoms with Crippen molar-refractivity contribution < 1.29 is 44.3 Å². The van der Waals surface area contributed by atoms with Crippen LogP contribution in [0.5, 0.6) is 5.75 Å². The molecule has 1 aliphatic rings. The van der Waals surface area contributed by atoms with E-state index in [4.69, 9.17) is 25.2 Å². The molecule has 3 rings (SSSR count). The van der Waals surface area contributed by atoms with Gasteiger partial charge in [-0.1, -0.05) is 47.5 Å². The van der Waals surface area contributed by atoms with E-state index in [2.05, 4.69) is 50.2 Å². The molecule has 1 saturated heterocycles. The molecule has 0 spiro atoms. The first-order valence-corrected chi connectivity index (χ1v) is 15.4. The van der Waals surface area contributed by atoms with Gasteiger partial charge in [-0.3, -0.25) is 38.8 Å². The highest BCUT2D eigenvalue weighted by Gasteiger charge is 2.20. The number of carbonyl (C=O) groups is 4. The van der Waals surface area contributed by atoms with Gasteiger partial charge in [0.25, 0.3) is 0 Å². The average Bonchev–Trinajstić information content (AvgIpc) is 2.98. The van der Waals surface area contributed by atoms with Crippen LogP contribution in [0.3, 0.4) is 0 Å². The van der Waals surface area contributed by atoms with Crippen LogP contribution >= 0.6 is 0 Å². The van der Waals surface area contributed by atoms with Crippen molar-refractivity contribution in [3.8, 4) is 5.75 Å². The van der Waals surface area contributed by atoms with Gasteiger partial charge in [-0.15, -0.1) is 0 Å². The molecule has 0 aromatic heterocycles. The molecule has 1 fully saturated rings. The van der Waals surface area contributed by atoms with Crippen LogP contribution < -0.4 is 4.74 Å². The minimum Gasteiger partial charge on any atom is -0.494 e. The molecule has 254 valence electrons. The standard InChI is InChI=1S/C17H20O.C16H28N4O8/c1-14-5-9-16(10-6-14)4-3-13-18-17-11-7-15(2)8-12-17;21-13(22)9-17-1-2-18(10-14(23)24)5-6-20(12-16(27)28)8-7-19(4-3-17)11-15(25)26/h5-12H,3-4,13H2,1-2H3;1-12H2,(H,21,22)(H,23,24)(H,25,26)(H,27,28). The lowest BCUT2D eigenvalue weighted by Gasteiger charge is -2.32. The zero-order valence-electron chi connectivity index (χ0n) is 26.8. The van der Waals surface area contributed by atoms with Crippen molar-refractivity contribution in [2.75, 3.05) is 85.1 Å². The molecule has 4 N–H and O–H groups in total. The van der Waals surface area contributed by atoms with E-state index in [0.717, 1.165) is 25.2 Å². The molecule has 13 nitrogen and oxygen atoms in total. The van der Waals surface area contributed by atoms with Gasteiger partial charge >= 0.3 is 23.9 Å². The van der Waals surface area contributed by atoms with Crippen molar-refractivity contribution in [3.63, 3.8) is 0 Å². The number of carboxylic acids is 4. The van der Waals surface area contributed by atoms with Crippen LogP contribution in [0.15, 0.2) is 48.5 Å². The molecule has 0 amide bonds. The fourth-order valence-electron chi connectivity index (χ4n) is 4.83. The van der Waals surface area contributed by atoms with Gasteiger partial charge in [0, 0.05) is 52.4 Å². The van der Waals surface area contributed by atoms with Crippen molar-refractivity contribution in [3.05, 3.63) is 65.2 Å². The highest BCUT2D eigenvalue weighted by Crippen LogP contribution is 2.12. The number of nitrogens with zero attached hydrogens (tertiary/aromatic N) is 4. The van der Waals surface area contributed by atoms with Crippen molar-refractivity contribution >= 4 is 23.9 Å². The number of aliphatic carboxylic acids is 4. The van der Waals surface area contributed by atoms with E-state index in [-0.39, 0.29) is 26.2 Å². The summed E-state index contributed by atoms with van der Waals surface area (Å²) in [7, 11) is 0. The number of ether oxygens (including phenoxy) is 1. The number of hydrogen-bond acceptors (Lipinski definition) is 9. The monoisotopic (exact) mass is 644 g/mol. The molecule has 0 atom stereocenters. The molecular weight excluding hydrogens is 596 g/mol. The van der Waals surface area contributed by atoms with Gasteiger partial charge < -0.3 is 25.2 Å². The summed E-state index contributed by atoms with van der Waals surface area (Å²) in [5, 5.41) is 36.3. The second-order valence-corrected chi connectivity index (χ2v) is 11.4. The summed E-state index contributed by atoms with van der Waals surface area (Å²) in [6.07, 6.45) is 2.13. The lowest BCUT2D eigenvalue weighted by molar-refractivity contribution is -0.141. The Kier molecular flexibility index (Phi) is 17.3. The summed E-state index contributed by atoms with van der Waals surface area (Å²) in [5.41, 5.74) is 3.96. The quantitative estimate of drug-likeness (QED) is 0.233. The van der Waals surface area contributed by atoms with Crippen molar-refractivity contribution in [2.45, 2.75) is 26.7 Å². The number of hydrogen-bond donors (Lipinski definition) is 4. The zero-order valence-corrected chi connectivity index (χ0v) is 26.8. The third-order valence-electron chi connectivity index (χ3n) is 7.39. The van der Waals surface area contributed by atoms with Crippen LogP contribution in [0, 0.1) is 13.8 Å². The van der Waals surface area contributed by atoms with Gasteiger partial charge in [0.2, 0.25) is 0 Å². The normalized spacial score (nSPS) is 15.9. The summed E-state index contributed by atoms with van der Waals surface area (Å²) in [4.78, 5) is 50.9. The van der Waals surface area contributed by atoms with Crippen LogP contribution in [0.2, 0.25) is 0 Å². The topological polar surface area (TPSA) is 171 Å². The molecule has 2 aromatic carbocycles. The largest absolute Gasteiger partial charge is 0.494 e. The number of aryl methyl sites for hydroxylation is 3. The number of benzene rings is 2. The molecule has 0 aliphatic carbocycles. The Morgan fingerprint density at radius 2 is 0.848 bits per heavy atom. The van der Waals surface area contributed by atoms with E-state index in [1.54, 1.807) is 19.6 Å². The first kappa shape index (κ1) is 38.1. The van der Waals surface area contributed by atoms with Gasteiger partial charge in [0.05, 0.1) is 32.8 Å². The lowest BCUT2D eigenvalue weighted by atomic mass is 10.1. The SMILES string of the molecule is Cc1ccc(CCCOc2ccc(C)cc2)cc1.O=C(O)CN1CCN(CC(=O)O)CCN(CC(=O)O)CCN(CC(=O)O)CC1. The summed E-state index contributed by atoms with van der Waals surface area (Å²) in [6, 6.07) is 16.9.